The van der Waals surface area contributed by atoms with Crippen molar-refractivity contribution < 1.29 is 0 Å². The van der Waals surface area contributed by atoms with E-state index in [0.29, 0.717) is 12.2 Å². The molecular weight excluding hydrogens is 250 g/mol. The third-order valence-electron chi connectivity index (χ3n) is 3.13. The van der Waals surface area contributed by atoms with Crippen LogP contribution in [-0.4, -0.2) is 22.0 Å². The molecule has 0 bridgehead atoms. The van der Waals surface area contributed by atoms with Gasteiger partial charge in [-0.25, -0.2) is 9.97 Å². The third-order valence-corrected chi connectivity index (χ3v) is 3.13. The van der Waals surface area contributed by atoms with Gasteiger partial charge in [0.15, 0.2) is 0 Å². The fourth-order valence-corrected chi connectivity index (χ4v) is 2.17. The van der Waals surface area contributed by atoms with E-state index >= 15 is 0 Å². The number of rotatable bonds is 3. The van der Waals surface area contributed by atoms with Gasteiger partial charge in [0.1, 0.15) is 12.1 Å². The van der Waals surface area contributed by atoms with Crippen molar-refractivity contribution in [3.8, 4) is 0 Å². The van der Waals surface area contributed by atoms with E-state index in [4.69, 9.17) is 5.73 Å². The highest BCUT2D eigenvalue weighted by atomic mass is 15.2. The lowest BCUT2D eigenvalue weighted by Gasteiger charge is -2.19. The summed E-state index contributed by atoms with van der Waals surface area (Å²) in [6.45, 7) is 0.682. The van der Waals surface area contributed by atoms with Gasteiger partial charge in [-0.05, 0) is 30.3 Å². The van der Waals surface area contributed by atoms with Crippen molar-refractivity contribution in [2.24, 2.45) is 0 Å². The molecule has 2 aromatic heterocycles. The Labute approximate surface area is 117 Å². The van der Waals surface area contributed by atoms with Crippen LogP contribution in [0, 0.1) is 0 Å². The van der Waals surface area contributed by atoms with E-state index in [1.165, 1.54) is 0 Å². The highest BCUT2D eigenvalue weighted by molar-refractivity contribution is 5.91. The van der Waals surface area contributed by atoms with E-state index in [0.717, 1.165) is 22.4 Å². The molecule has 0 unspecified atom stereocenters. The molecule has 1 aromatic carbocycles. The second kappa shape index (κ2) is 5.13. The van der Waals surface area contributed by atoms with Crippen LogP contribution in [0.5, 0.6) is 0 Å². The van der Waals surface area contributed by atoms with Gasteiger partial charge < -0.3 is 10.6 Å². The van der Waals surface area contributed by atoms with Gasteiger partial charge in [0.2, 0.25) is 0 Å². The summed E-state index contributed by atoms with van der Waals surface area (Å²) in [5.41, 5.74) is 8.44. The van der Waals surface area contributed by atoms with E-state index < -0.39 is 0 Å². The summed E-state index contributed by atoms with van der Waals surface area (Å²) in [5, 5.41) is 0.950. The zero-order chi connectivity index (χ0) is 13.9. The average Bonchev–Trinajstić information content (AvgIpc) is 2.47. The molecule has 0 amide bonds. The molecule has 0 fully saturated rings. The lowest BCUT2D eigenvalue weighted by molar-refractivity contribution is 0.868. The Kier molecular flexibility index (Phi) is 3.16. The second-order valence-corrected chi connectivity index (χ2v) is 4.65. The summed E-state index contributed by atoms with van der Waals surface area (Å²) < 4.78 is 0. The number of anilines is 2. The first-order valence-corrected chi connectivity index (χ1v) is 6.35. The Morgan fingerprint density at radius 3 is 2.80 bits per heavy atom. The second-order valence-electron chi connectivity index (χ2n) is 4.65. The molecule has 100 valence electrons. The van der Waals surface area contributed by atoms with E-state index in [1.54, 1.807) is 12.5 Å². The van der Waals surface area contributed by atoms with Crippen LogP contribution in [0.25, 0.3) is 10.9 Å². The zero-order valence-electron chi connectivity index (χ0n) is 11.2. The molecule has 5 nitrogen and oxygen atoms in total. The number of fused-ring (bicyclic) bond motifs is 1. The number of benzene rings is 1. The van der Waals surface area contributed by atoms with Crippen LogP contribution in [0.4, 0.5) is 11.5 Å². The van der Waals surface area contributed by atoms with Gasteiger partial charge in [-0.1, -0.05) is 6.07 Å². The number of nitrogens with zero attached hydrogens (tertiary/aromatic N) is 4. The first-order valence-electron chi connectivity index (χ1n) is 6.35. The maximum absolute atomic E-state index is 5.86. The molecule has 0 aliphatic heterocycles. The van der Waals surface area contributed by atoms with Gasteiger partial charge in [-0.2, -0.15) is 0 Å². The van der Waals surface area contributed by atoms with Crippen LogP contribution in [0.3, 0.4) is 0 Å². The van der Waals surface area contributed by atoms with Crippen molar-refractivity contribution in [1.29, 1.82) is 0 Å². The SMILES string of the molecule is CN(Cc1ccccn1)c1ncnc2ccc(N)cc12. The molecule has 0 aliphatic carbocycles. The summed E-state index contributed by atoms with van der Waals surface area (Å²) in [6.07, 6.45) is 3.36. The van der Waals surface area contributed by atoms with Gasteiger partial charge >= 0.3 is 0 Å². The van der Waals surface area contributed by atoms with Crippen LogP contribution >= 0.6 is 0 Å². The van der Waals surface area contributed by atoms with Crippen LogP contribution < -0.4 is 10.6 Å². The van der Waals surface area contributed by atoms with Crippen LogP contribution in [0.15, 0.2) is 48.9 Å². The molecule has 0 spiro atoms. The fraction of sp³-hybridized carbons (Fsp3) is 0.133. The molecule has 0 saturated carbocycles. The molecule has 0 radical (unpaired) electrons. The summed E-state index contributed by atoms with van der Waals surface area (Å²) >= 11 is 0. The molecule has 3 rings (SSSR count). The van der Waals surface area contributed by atoms with E-state index in [2.05, 4.69) is 15.0 Å². The minimum absolute atomic E-state index is 0.682. The Morgan fingerprint density at radius 1 is 1.10 bits per heavy atom. The lowest BCUT2D eigenvalue weighted by Crippen LogP contribution is -2.18. The Hall–Kier alpha value is -2.69. The summed E-state index contributed by atoms with van der Waals surface area (Å²) in [4.78, 5) is 15.0. The van der Waals surface area contributed by atoms with Crippen molar-refractivity contribution in [3.05, 3.63) is 54.6 Å². The molecule has 0 aliphatic rings. The third kappa shape index (κ3) is 2.38. The molecule has 2 heterocycles. The molecule has 2 N–H and O–H groups in total. The lowest BCUT2D eigenvalue weighted by atomic mass is 10.2. The minimum Gasteiger partial charge on any atom is -0.399 e. The molecule has 0 saturated heterocycles. The monoisotopic (exact) mass is 265 g/mol. The number of pyridine rings is 1. The Bertz CT molecular complexity index is 727. The zero-order valence-corrected chi connectivity index (χ0v) is 11.2. The van der Waals surface area contributed by atoms with Crippen LogP contribution in [0.2, 0.25) is 0 Å². The van der Waals surface area contributed by atoms with E-state index in [1.807, 2.05) is 48.3 Å². The van der Waals surface area contributed by atoms with Crippen molar-refractivity contribution >= 4 is 22.4 Å². The summed E-state index contributed by atoms with van der Waals surface area (Å²) in [7, 11) is 1.99. The van der Waals surface area contributed by atoms with Gasteiger partial charge in [0.25, 0.3) is 0 Å². The quantitative estimate of drug-likeness (QED) is 0.736. The predicted octanol–water partition coefficient (Wildman–Crippen LogP) is 2.24. The first kappa shape index (κ1) is 12.3. The fourth-order valence-electron chi connectivity index (χ4n) is 2.17. The van der Waals surface area contributed by atoms with Crippen LogP contribution in [-0.2, 0) is 6.54 Å². The Morgan fingerprint density at radius 2 is 2.00 bits per heavy atom. The van der Waals surface area contributed by atoms with Gasteiger partial charge in [0, 0.05) is 24.3 Å². The van der Waals surface area contributed by atoms with Gasteiger partial charge in [-0.3, -0.25) is 4.98 Å². The molecule has 0 atom stereocenters. The van der Waals surface area contributed by atoms with Crippen molar-refractivity contribution in [1.82, 2.24) is 15.0 Å². The number of nitrogens with two attached hydrogens (primary N) is 1. The standard InChI is InChI=1S/C15H15N5/c1-20(9-12-4-2-3-7-17-12)15-13-8-11(16)5-6-14(13)18-10-19-15/h2-8,10H,9,16H2,1H3. The minimum atomic E-state index is 0.682. The number of hydrogen-bond acceptors (Lipinski definition) is 5. The molecule has 5 heteroatoms. The largest absolute Gasteiger partial charge is 0.399 e. The van der Waals surface area contributed by atoms with Gasteiger partial charge in [0.05, 0.1) is 17.8 Å². The van der Waals surface area contributed by atoms with Crippen LogP contribution in [0.1, 0.15) is 5.69 Å². The number of hydrogen-bond donors (Lipinski definition) is 1. The normalized spacial score (nSPS) is 10.7. The maximum atomic E-state index is 5.86. The highest BCUT2D eigenvalue weighted by Crippen LogP contribution is 2.24. The van der Waals surface area contributed by atoms with Crippen molar-refractivity contribution in [2.75, 3.05) is 17.7 Å². The van der Waals surface area contributed by atoms with Crippen molar-refractivity contribution in [2.45, 2.75) is 6.54 Å². The summed E-state index contributed by atoms with van der Waals surface area (Å²) in [6, 6.07) is 11.5. The highest BCUT2D eigenvalue weighted by Gasteiger charge is 2.09. The first-order chi connectivity index (χ1) is 9.74. The molecule has 20 heavy (non-hydrogen) atoms. The predicted molar refractivity (Wildman–Crippen MR) is 80.3 cm³/mol. The van der Waals surface area contributed by atoms with E-state index in [-0.39, 0.29) is 0 Å². The molecule has 3 aromatic rings. The molecular formula is C15H15N5. The summed E-state index contributed by atoms with van der Waals surface area (Å²) in [5.74, 6) is 0.855. The number of aromatic nitrogens is 3. The van der Waals surface area contributed by atoms with Crippen molar-refractivity contribution in [3.63, 3.8) is 0 Å². The number of nitrogen functional groups attached to an aromatic ring is 1. The average molecular weight is 265 g/mol. The van der Waals surface area contributed by atoms with Gasteiger partial charge in [-0.15, -0.1) is 0 Å². The van der Waals surface area contributed by atoms with E-state index in [9.17, 15) is 0 Å². The Balaban J connectivity index is 1.99. The maximum Gasteiger partial charge on any atom is 0.140 e. The topological polar surface area (TPSA) is 67.9 Å². The smallest absolute Gasteiger partial charge is 0.140 e.